The lowest BCUT2D eigenvalue weighted by atomic mass is 10.3. The molecular weight excluding hydrogens is 228 g/mol. The molecule has 2 aromatic rings. The molecule has 0 saturated carbocycles. The van der Waals surface area contributed by atoms with Crippen LogP contribution in [0.2, 0.25) is 5.02 Å². The highest BCUT2D eigenvalue weighted by Gasteiger charge is 2.00. The van der Waals surface area contributed by atoms with E-state index in [2.05, 4.69) is 5.10 Å². The van der Waals surface area contributed by atoms with E-state index in [1.165, 1.54) is 0 Å². The SMILES string of the molecule is OCCn1cc(Oc2ccc(Cl)cc2)cn1. The molecule has 0 bridgehead atoms. The van der Waals surface area contributed by atoms with Crippen molar-refractivity contribution in [1.82, 2.24) is 9.78 Å². The summed E-state index contributed by atoms with van der Waals surface area (Å²) in [5.74, 6) is 1.34. The first-order chi connectivity index (χ1) is 7.78. The third-order valence-corrected chi connectivity index (χ3v) is 2.24. The van der Waals surface area contributed by atoms with Gasteiger partial charge in [0.25, 0.3) is 0 Å². The summed E-state index contributed by atoms with van der Waals surface area (Å²) in [5.41, 5.74) is 0. The second kappa shape index (κ2) is 5.01. The lowest BCUT2D eigenvalue weighted by Gasteiger charge is -2.01. The van der Waals surface area contributed by atoms with Gasteiger partial charge in [-0.1, -0.05) is 11.6 Å². The lowest BCUT2D eigenvalue weighted by Crippen LogP contribution is -2.01. The van der Waals surface area contributed by atoms with Crippen LogP contribution in [0.4, 0.5) is 0 Å². The topological polar surface area (TPSA) is 47.3 Å². The summed E-state index contributed by atoms with van der Waals surface area (Å²) in [7, 11) is 0. The molecule has 4 nitrogen and oxygen atoms in total. The van der Waals surface area contributed by atoms with Crippen molar-refractivity contribution in [3.8, 4) is 11.5 Å². The second-order valence-electron chi connectivity index (χ2n) is 3.22. The minimum atomic E-state index is 0.0576. The van der Waals surface area contributed by atoms with Gasteiger partial charge in [-0.05, 0) is 24.3 Å². The number of aliphatic hydroxyl groups is 1. The number of rotatable bonds is 4. The minimum Gasteiger partial charge on any atom is -0.454 e. The number of hydrogen-bond donors (Lipinski definition) is 1. The van der Waals surface area contributed by atoms with Crippen LogP contribution in [0.3, 0.4) is 0 Å². The molecule has 1 heterocycles. The van der Waals surface area contributed by atoms with Gasteiger partial charge in [0.05, 0.1) is 25.5 Å². The summed E-state index contributed by atoms with van der Waals surface area (Å²) < 4.78 is 7.15. The standard InChI is InChI=1S/C11H11ClN2O2/c12-9-1-3-10(4-2-9)16-11-7-13-14(8-11)5-6-15/h1-4,7-8,15H,5-6H2. The Bertz CT molecular complexity index is 453. The fourth-order valence-electron chi connectivity index (χ4n) is 1.26. The zero-order valence-corrected chi connectivity index (χ0v) is 9.26. The van der Waals surface area contributed by atoms with Gasteiger partial charge in [0.1, 0.15) is 5.75 Å². The predicted octanol–water partition coefficient (Wildman–Crippen LogP) is 2.32. The number of benzene rings is 1. The molecular formula is C11H11ClN2O2. The maximum atomic E-state index is 8.73. The van der Waals surface area contributed by atoms with Crippen molar-refractivity contribution in [2.75, 3.05) is 6.61 Å². The summed E-state index contributed by atoms with van der Waals surface area (Å²) in [6.07, 6.45) is 3.33. The van der Waals surface area contributed by atoms with Gasteiger partial charge in [-0.3, -0.25) is 4.68 Å². The minimum absolute atomic E-state index is 0.0576. The van der Waals surface area contributed by atoms with E-state index in [0.29, 0.717) is 23.1 Å². The summed E-state index contributed by atoms with van der Waals surface area (Å²) >= 11 is 5.76. The van der Waals surface area contributed by atoms with Gasteiger partial charge in [-0.25, -0.2) is 0 Å². The van der Waals surface area contributed by atoms with Crippen LogP contribution >= 0.6 is 11.6 Å². The number of aliphatic hydroxyl groups excluding tert-OH is 1. The average Bonchev–Trinajstić information content (AvgIpc) is 2.70. The number of halogens is 1. The summed E-state index contributed by atoms with van der Waals surface area (Å²) in [6, 6.07) is 7.08. The maximum Gasteiger partial charge on any atom is 0.165 e. The highest BCUT2D eigenvalue weighted by molar-refractivity contribution is 6.30. The third kappa shape index (κ3) is 2.74. The molecule has 0 fully saturated rings. The van der Waals surface area contributed by atoms with Gasteiger partial charge >= 0.3 is 0 Å². The average molecular weight is 239 g/mol. The molecule has 0 aliphatic rings. The van der Waals surface area contributed by atoms with Gasteiger partial charge in [0, 0.05) is 5.02 Å². The molecule has 84 valence electrons. The Labute approximate surface area is 98.0 Å². The van der Waals surface area contributed by atoms with Crippen molar-refractivity contribution in [2.45, 2.75) is 6.54 Å². The van der Waals surface area contributed by atoms with Crippen molar-refractivity contribution in [2.24, 2.45) is 0 Å². The lowest BCUT2D eigenvalue weighted by molar-refractivity contribution is 0.269. The Morgan fingerprint density at radius 2 is 2.00 bits per heavy atom. The molecule has 0 amide bonds. The van der Waals surface area contributed by atoms with Crippen LogP contribution in [0.15, 0.2) is 36.7 Å². The monoisotopic (exact) mass is 238 g/mol. The Balaban J connectivity index is 2.05. The fourth-order valence-corrected chi connectivity index (χ4v) is 1.39. The zero-order valence-electron chi connectivity index (χ0n) is 8.51. The molecule has 0 aliphatic heterocycles. The highest BCUT2D eigenvalue weighted by Crippen LogP contribution is 2.22. The number of nitrogens with zero attached hydrogens (tertiary/aromatic N) is 2. The van der Waals surface area contributed by atoms with Gasteiger partial charge in [-0.2, -0.15) is 5.10 Å². The molecule has 1 aromatic heterocycles. The molecule has 16 heavy (non-hydrogen) atoms. The molecule has 1 N–H and O–H groups in total. The molecule has 0 spiro atoms. The smallest absolute Gasteiger partial charge is 0.165 e. The number of hydrogen-bond acceptors (Lipinski definition) is 3. The van der Waals surface area contributed by atoms with Crippen LogP contribution in [0.1, 0.15) is 0 Å². The van der Waals surface area contributed by atoms with Gasteiger partial charge < -0.3 is 9.84 Å². The Hall–Kier alpha value is -1.52. The van der Waals surface area contributed by atoms with E-state index in [1.807, 2.05) is 0 Å². The van der Waals surface area contributed by atoms with E-state index in [9.17, 15) is 0 Å². The first-order valence-electron chi connectivity index (χ1n) is 4.84. The Kier molecular flexibility index (Phi) is 3.44. The first-order valence-corrected chi connectivity index (χ1v) is 5.22. The molecule has 0 saturated heterocycles. The molecule has 2 rings (SSSR count). The normalized spacial score (nSPS) is 10.4. The van der Waals surface area contributed by atoms with Crippen LogP contribution in [-0.2, 0) is 6.54 Å². The fraction of sp³-hybridized carbons (Fsp3) is 0.182. The molecule has 5 heteroatoms. The van der Waals surface area contributed by atoms with Crippen LogP contribution in [-0.4, -0.2) is 21.5 Å². The molecule has 0 unspecified atom stereocenters. The van der Waals surface area contributed by atoms with E-state index in [1.54, 1.807) is 41.3 Å². The van der Waals surface area contributed by atoms with Crippen molar-refractivity contribution < 1.29 is 9.84 Å². The van der Waals surface area contributed by atoms with E-state index in [4.69, 9.17) is 21.4 Å². The van der Waals surface area contributed by atoms with Crippen LogP contribution in [0.25, 0.3) is 0 Å². The van der Waals surface area contributed by atoms with Gasteiger partial charge in [0.2, 0.25) is 0 Å². The summed E-state index contributed by atoms with van der Waals surface area (Å²) in [6.45, 7) is 0.520. The largest absolute Gasteiger partial charge is 0.454 e. The van der Waals surface area contributed by atoms with Crippen LogP contribution in [0, 0.1) is 0 Å². The first kappa shape index (κ1) is 11.0. The van der Waals surface area contributed by atoms with Crippen LogP contribution < -0.4 is 4.74 Å². The number of ether oxygens (including phenoxy) is 1. The molecule has 1 aromatic carbocycles. The van der Waals surface area contributed by atoms with E-state index in [-0.39, 0.29) is 6.61 Å². The highest BCUT2D eigenvalue weighted by atomic mass is 35.5. The third-order valence-electron chi connectivity index (χ3n) is 1.99. The summed E-state index contributed by atoms with van der Waals surface area (Å²) in [4.78, 5) is 0. The predicted molar refractivity (Wildman–Crippen MR) is 60.8 cm³/mol. The molecule has 0 atom stereocenters. The van der Waals surface area contributed by atoms with Gasteiger partial charge in [-0.15, -0.1) is 0 Å². The Morgan fingerprint density at radius 3 is 2.69 bits per heavy atom. The Morgan fingerprint density at radius 1 is 1.25 bits per heavy atom. The van der Waals surface area contributed by atoms with Crippen molar-refractivity contribution >= 4 is 11.6 Å². The van der Waals surface area contributed by atoms with Crippen molar-refractivity contribution in [3.63, 3.8) is 0 Å². The maximum absolute atomic E-state index is 8.73. The molecule has 0 aliphatic carbocycles. The summed E-state index contributed by atoms with van der Waals surface area (Å²) in [5, 5.41) is 13.4. The van der Waals surface area contributed by atoms with E-state index < -0.39 is 0 Å². The zero-order chi connectivity index (χ0) is 11.4. The van der Waals surface area contributed by atoms with E-state index >= 15 is 0 Å². The molecule has 0 radical (unpaired) electrons. The quantitative estimate of drug-likeness (QED) is 0.889. The van der Waals surface area contributed by atoms with Gasteiger partial charge in [0.15, 0.2) is 5.75 Å². The van der Waals surface area contributed by atoms with E-state index in [0.717, 1.165) is 0 Å². The van der Waals surface area contributed by atoms with Crippen molar-refractivity contribution in [3.05, 3.63) is 41.7 Å². The second-order valence-corrected chi connectivity index (χ2v) is 3.66. The van der Waals surface area contributed by atoms with Crippen LogP contribution in [0.5, 0.6) is 11.5 Å². The van der Waals surface area contributed by atoms with Crippen molar-refractivity contribution in [1.29, 1.82) is 0 Å². The number of aromatic nitrogens is 2.